The van der Waals surface area contributed by atoms with Crippen LogP contribution in [0.1, 0.15) is 27.7 Å². The van der Waals surface area contributed by atoms with Crippen LogP contribution in [0.4, 0.5) is 10.5 Å². The van der Waals surface area contributed by atoms with Gasteiger partial charge in [-0.15, -0.1) is 0 Å². The molecule has 3 N–H and O–H groups in total. The number of methoxy groups -OCH3 is 1. The number of carbonyl (C=O) groups excluding carboxylic acids is 1. The molecule has 1 atom stereocenters. The van der Waals surface area contributed by atoms with Gasteiger partial charge in [0.25, 0.3) is 0 Å². The zero-order chi connectivity index (χ0) is 17.5. The van der Waals surface area contributed by atoms with Crippen molar-refractivity contribution < 1.29 is 14.3 Å². The number of aromatic nitrogens is 1. The molecule has 1 aromatic heterocycles. The highest BCUT2D eigenvalue weighted by Gasteiger charge is 2.20. The van der Waals surface area contributed by atoms with E-state index in [1.165, 1.54) is 0 Å². The van der Waals surface area contributed by atoms with E-state index in [2.05, 4.69) is 15.6 Å². The third-order valence-corrected chi connectivity index (χ3v) is 2.77. The fourth-order valence-corrected chi connectivity index (χ4v) is 1.69. The number of ether oxygens (including phenoxy) is 2. The first-order valence-corrected chi connectivity index (χ1v) is 7.21. The Labute approximate surface area is 136 Å². The van der Waals surface area contributed by atoms with Gasteiger partial charge in [0.05, 0.1) is 29.4 Å². The Balaban J connectivity index is 3.05. The molecular weight excluding hydrogens is 296 g/mol. The van der Waals surface area contributed by atoms with Gasteiger partial charge in [0.1, 0.15) is 5.60 Å². The normalized spacial score (nSPS) is 13.6. The van der Waals surface area contributed by atoms with Crippen LogP contribution in [-0.2, 0) is 9.47 Å². The molecule has 126 valence electrons. The average molecular weight is 320 g/mol. The summed E-state index contributed by atoms with van der Waals surface area (Å²) in [5, 5.41) is 13.3. The van der Waals surface area contributed by atoms with E-state index in [9.17, 15) is 4.79 Å². The summed E-state index contributed by atoms with van der Waals surface area (Å²) in [7, 11) is 1.55. The number of carbonyl (C=O) groups is 1. The smallest absolute Gasteiger partial charge is 0.412 e. The topological polar surface area (TPSA) is 96.3 Å². The quantitative estimate of drug-likeness (QED) is 0.700. The zero-order valence-electron chi connectivity index (χ0n) is 14.1. The third kappa shape index (κ3) is 6.48. The molecule has 7 heteroatoms. The summed E-state index contributed by atoms with van der Waals surface area (Å²) in [5.74, 6) is 0. The van der Waals surface area contributed by atoms with E-state index < -0.39 is 11.7 Å². The number of pyridine rings is 1. The van der Waals surface area contributed by atoms with Crippen molar-refractivity contribution in [3.63, 3.8) is 0 Å². The lowest BCUT2D eigenvalue weighted by Crippen LogP contribution is -2.35. The molecule has 1 heterocycles. The van der Waals surface area contributed by atoms with Gasteiger partial charge in [0, 0.05) is 19.5 Å². The second-order valence-corrected chi connectivity index (χ2v) is 5.84. The standard InChI is InChI=1S/C16H24N4O3/c1-11(22-5)14(19-12-7-6-8-18-10-12)13(9-17)20-15(21)23-16(2,3)4/h6-11,17,19H,1-5H3,(H,20,21)/b14-13+,17-9?/t11-/m0/s1. The summed E-state index contributed by atoms with van der Waals surface area (Å²) in [6, 6.07) is 3.60. The van der Waals surface area contributed by atoms with E-state index in [4.69, 9.17) is 14.9 Å². The van der Waals surface area contributed by atoms with Gasteiger partial charge in [0.15, 0.2) is 0 Å². The molecule has 0 aliphatic rings. The summed E-state index contributed by atoms with van der Waals surface area (Å²) < 4.78 is 10.5. The van der Waals surface area contributed by atoms with E-state index in [1.54, 1.807) is 53.3 Å². The largest absolute Gasteiger partial charge is 0.444 e. The number of nitrogens with one attached hydrogen (secondary N) is 3. The van der Waals surface area contributed by atoms with Gasteiger partial charge in [-0.3, -0.25) is 10.3 Å². The number of nitrogens with zero attached hydrogens (tertiary/aromatic N) is 1. The molecule has 0 fully saturated rings. The van der Waals surface area contributed by atoms with Crippen LogP contribution < -0.4 is 10.6 Å². The molecule has 1 amide bonds. The Bertz CT molecular complexity index is 564. The van der Waals surface area contributed by atoms with Crippen molar-refractivity contribution in [2.45, 2.75) is 39.4 Å². The molecule has 0 spiro atoms. The van der Waals surface area contributed by atoms with Crippen LogP contribution in [0.2, 0.25) is 0 Å². The number of anilines is 1. The molecule has 7 nitrogen and oxygen atoms in total. The van der Waals surface area contributed by atoms with Gasteiger partial charge in [-0.2, -0.15) is 0 Å². The summed E-state index contributed by atoms with van der Waals surface area (Å²) in [6.07, 6.45) is 3.33. The lowest BCUT2D eigenvalue weighted by Gasteiger charge is -2.23. The number of alkyl carbamates (subject to hydrolysis) is 1. The predicted octanol–water partition coefficient (Wildman–Crippen LogP) is 2.91. The van der Waals surface area contributed by atoms with Gasteiger partial charge < -0.3 is 20.2 Å². The molecule has 1 rings (SSSR count). The number of amides is 1. The monoisotopic (exact) mass is 320 g/mol. The van der Waals surface area contributed by atoms with Crippen molar-refractivity contribution >= 4 is 18.0 Å². The van der Waals surface area contributed by atoms with Crippen molar-refractivity contribution in [2.24, 2.45) is 0 Å². The molecule has 0 saturated carbocycles. The highest BCUT2D eigenvalue weighted by molar-refractivity contribution is 5.85. The van der Waals surface area contributed by atoms with Gasteiger partial charge in [0.2, 0.25) is 0 Å². The minimum atomic E-state index is -0.634. The summed E-state index contributed by atoms with van der Waals surface area (Å²) >= 11 is 0. The maximum atomic E-state index is 11.9. The number of hydrogen-bond acceptors (Lipinski definition) is 6. The lowest BCUT2D eigenvalue weighted by atomic mass is 10.2. The maximum Gasteiger partial charge on any atom is 0.412 e. The summed E-state index contributed by atoms with van der Waals surface area (Å²) in [4.78, 5) is 16.0. The fourth-order valence-electron chi connectivity index (χ4n) is 1.69. The van der Waals surface area contributed by atoms with Crippen molar-refractivity contribution in [1.29, 1.82) is 5.41 Å². The molecule has 0 aliphatic heterocycles. The van der Waals surface area contributed by atoms with E-state index in [1.807, 2.05) is 6.07 Å². The Morgan fingerprint density at radius 2 is 2.13 bits per heavy atom. The predicted molar refractivity (Wildman–Crippen MR) is 89.5 cm³/mol. The third-order valence-electron chi connectivity index (χ3n) is 2.77. The molecule has 0 aliphatic carbocycles. The molecule has 1 aromatic rings. The second kappa shape index (κ2) is 8.28. The molecule has 0 aromatic carbocycles. The van der Waals surface area contributed by atoms with E-state index in [0.29, 0.717) is 5.70 Å². The van der Waals surface area contributed by atoms with Crippen LogP contribution in [0.15, 0.2) is 35.9 Å². The number of allylic oxidation sites excluding steroid dienone is 1. The van der Waals surface area contributed by atoms with Crippen LogP contribution in [0.25, 0.3) is 0 Å². The van der Waals surface area contributed by atoms with Gasteiger partial charge in [-0.25, -0.2) is 4.79 Å². The Morgan fingerprint density at radius 3 is 2.61 bits per heavy atom. The maximum absolute atomic E-state index is 11.9. The van der Waals surface area contributed by atoms with Crippen molar-refractivity contribution in [3.8, 4) is 0 Å². The van der Waals surface area contributed by atoms with E-state index in [0.717, 1.165) is 11.9 Å². The van der Waals surface area contributed by atoms with E-state index in [-0.39, 0.29) is 11.8 Å². The first-order valence-electron chi connectivity index (χ1n) is 7.21. The van der Waals surface area contributed by atoms with Crippen LogP contribution in [0, 0.1) is 5.41 Å². The van der Waals surface area contributed by atoms with Gasteiger partial charge in [-0.05, 0) is 39.8 Å². The molecular formula is C16H24N4O3. The first-order chi connectivity index (χ1) is 10.8. The van der Waals surface area contributed by atoms with Gasteiger partial charge >= 0.3 is 6.09 Å². The minimum Gasteiger partial charge on any atom is -0.444 e. The van der Waals surface area contributed by atoms with Gasteiger partial charge in [-0.1, -0.05) is 0 Å². The van der Waals surface area contributed by atoms with Crippen LogP contribution in [0.5, 0.6) is 0 Å². The Hall–Kier alpha value is -2.41. The summed E-state index contributed by atoms with van der Waals surface area (Å²) in [6.45, 7) is 7.12. The number of hydrogen-bond donors (Lipinski definition) is 3. The highest BCUT2D eigenvalue weighted by Crippen LogP contribution is 2.15. The molecule has 0 radical (unpaired) electrons. The van der Waals surface area contributed by atoms with Crippen molar-refractivity contribution in [3.05, 3.63) is 35.9 Å². The average Bonchev–Trinajstić information content (AvgIpc) is 2.49. The van der Waals surface area contributed by atoms with Crippen LogP contribution in [0.3, 0.4) is 0 Å². The van der Waals surface area contributed by atoms with Crippen molar-refractivity contribution in [2.75, 3.05) is 12.4 Å². The fraction of sp³-hybridized carbons (Fsp3) is 0.438. The highest BCUT2D eigenvalue weighted by atomic mass is 16.6. The Morgan fingerprint density at radius 1 is 1.43 bits per heavy atom. The molecule has 23 heavy (non-hydrogen) atoms. The van der Waals surface area contributed by atoms with Crippen LogP contribution >= 0.6 is 0 Å². The minimum absolute atomic E-state index is 0.262. The zero-order valence-corrected chi connectivity index (χ0v) is 14.1. The molecule has 0 saturated heterocycles. The SMILES string of the molecule is CO[C@@H](C)/C(Nc1cccnc1)=C(/C=N)NC(=O)OC(C)(C)C. The first kappa shape index (κ1) is 18.6. The Kier molecular flexibility index (Phi) is 6.71. The van der Waals surface area contributed by atoms with Crippen LogP contribution in [-0.4, -0.2) is 36.1 Å². The van der Waals surface area contributed by atoms with Crippen molar-refractivity contribution in [1.82, 2.24) is 10.3 Å². The second-order valence-electron chi connectivity index (χ2n) is 5.84. The summed E-state index contributed by atoms with van der Waals surface area (Å²) in [5.41, 5.74) is 0.886. The molecule has 0 unspecified atom stereocenters. The van der Waals surface area contributed by atoms with E-state index >= 15 is 0 Å². The lowest BCUT2D eigenvalue weighted by molar-refractivity contribution is 0.0547. The molecule has 0 bridgehead atoms. The number of rotatable bonds is 6.